The SMILES string of the molecule is COc1cc(C=Nc2ccc(C)c(C)c2)ccc1OCc1ccc(Cl)cc1Cl. The van der Waals surface area contributed by atoms with Crippen molar-refractivity contribution in [3.8, 4) is 11.5 Å². The van der Waals surface area contributed by atoms with Gasteiger partial charge >= 0.3 is 0 Å². The monoisotopic (exact) mass is 413 g/mol. The molecular weight excluding hydrogens is 393 g/mol. The number of aliphatic imine (C=N–C) groups is 1. The topological polar surface area (TPSA) is 30.8 Å². The molecular formula is C23H21Cl2NO2. The summed E-state index contributed by atoms with van der Waals surface area (Å²) in [6.07, 6.45) is 1.81. The molecule has 0 atom stereocenters. The number of methoxy groups -OCH3 is 1. The van der Waals surface area contributed by atoms with Gasteiger partial charge in [0, 0.05) is 21.8 Å². The largest absolute Gasteiger partial charge is 0.493 e. The Labute approximate surface area is 175 Å². The van der Waals surface area contributed by atoms with Crippen molar-refractivity contribution in [2.45, 2.75) is 20.5 Å². The van der Waals surface area contributed by atoms with Crippen LogP contribution in [0.5, 0.6) is 11.5 Å². The van der Waals surface area contributed by atoms with Gasteiger partial charge in [-0.25, -0.2) is 0 Å². The summed E-state index contributed by atoms with van der Waals surface area (Å²) in [7, 11) is 1.61. The maximum atomic E-state index is 6.20. The molecule has 0 saturated heterocycles. The van der Waals surface area contributed by atoms with E-state index in [0.717, 1.165) is 16.8 Å². The minimum absolute atomic E-state index is 0.322. The van der Waals surface area contributed by atoms with Crippen LogP contribution in [-0.4, -0.2) is 13.3 Å². The average molecular weight is 414 g/mol. The molecule has 0 amide bonds. The first-order chi connectivity index (χ1) is 13.5. The zero-order valence-corrected chi connectivity index (χ0v) is 17.5. The van der Waals surface area contributed by atoms with Crippen LogP contribution in [0.2, 0.25) is 10.0 Å². The van der Waals surface area contributed by atoms with Crippen molar-refractivity contribution in [2.75, 3.05) is 7.11 Å². The zero-order chi connectivity index (χ0) is 20.1. The third-order valence-corrected chi connectivity index (χ3v) is 5.03. The van der Waals surface area contributed by atoms with E-state index in [1.54, 1.807) is 19.2 Å². The summed E-state index contributed by atoms with van der Waals surface area (Å²) in [5, 5.41) is 1.17. The maximum absolute atomic E-state index is 6.20. The van der Waals surface area contributed by atoms with E-state index in [1.807, 2.05) is 36.5 Å². The smallest absolute Gasteiger partial charge is 0.161 e. The molecule has 0 heterocycles. The van der Waals surface area contributed by atoms with Crippen molar-refractivity contribution in [3.05, 3.63) is 86.9 Å². The fourth-order valence-electron chi connectivity index (χ4n) is 2.63. The molecule has 0 aliphatic carbocycles. The lowest BCUT2D eigenvalue weighted by Gasteiger charge is -2.12. The highest BCUT2D eigenvalue weighted by molar-refractivity contribution is 6.35. The van der Waals surface area contributed by atoms with Crippen molar-refractivity contribution >= 4 is 35.1 Å². The van der Waals surface area contributed by atoms with Gasteiger partial charge in [0.15, 0.2) is 11.5 Å². The Balaban J connectivity index is 1.74. The third kappa shape index (κ3) is 5.06. The van der Waals surface area contributed by atoms with Gasteiger partial charge in [0.1, 0.15) is 6.61 Å². The summed E-state index contributed by atoms with van der Waals surface area (Å²) in [4.78, 5) is 4.55. The molecule has 0 radical (unpaired) electrons. The first-order valence-corrected chi connectivity index (χ1v) is 9.58. The van der Waals surface area contributed by atoms with E-state index in [-0.39, 0.29) is 0 Å². The lowest BCUT2D eigenvalue weighted by Crippen LogP contribution is -1.99. The van der Waals surface area contributed by atoms with Gasteiger partial charge in [-0.1, -0.05) is 35.3 Å². The first kappa shape index (κ1) is 20.2. The normalized spacial score (nSPS) is 11.0. The molecule has 3 aromatic rings. The molecule has 0 unspecified atom stereocenters. The second-order valence-electron chi connectivity index (χ2n) is 6.46. The van der Waals surface area contributed by atoms with E-state index >= 15 is 0 Å². The standard InChI is InChI=1S/C23H21Cl2NO2/c1-15-4-8-20(10-16(15)2)26-13-17-5-9-22(23(11-17)27-3)28-14-18-6-7-19(24)12-21(18)25/h4-13H,14H2,1-3H3. The van der Waals surface area contributed by atoms with Crippen LogP contribution < -0.4 is 9.47 Å². The lowest BCUT2D eigenvalue weighted by atomic mass is 10.1. The minimum Gasteiger partial charge on any atom is -0.493 e. The number of benzene rings is 3. The number of aryl methyl sites for hydroxylation is 2. The van der Waals surface area contributed by atoms with Crippen LogP contribution >= 0.6 is 23.2 Å². The molecule has 0 spiro atoms. The van der Waals surface area contributed by atoms with Crippen LogP contribution in [0.4, 0.5) is 5.69 Å². The lowest BCUT2D eigenvalue weighted by molar-refractivity contribution is 0.284. The number of rotatable bonds is 6. The van der Waals surface area contributed by atoms with Crippen molar-refractivity contribution in [3.63, 3.8) is 0 Å². The second-order valence-corrected chi connectivity index (χ2v) is 7.31. The van der Waals surface area contributed by atoms with E-state index in [2.05, 4.69) is 31.0 Å². The molecule has 144 valence electrons. The molecule has 3 nitrogen and oxygen atoms in total. The van der Waals surface area contributed by atoms with Crippen LogP contribution in [0.3, 0.4) is 0 Å². The molecule has 5 heteroatoms. The molecule has 0 N–H and O–H groups in total. The summed E-state index contributed by atoms with van der Waals surface area (Å²) in [6, 6.07) is 17.2. The highest BCUT2D eigenvalue weighted by Gasteiger charge is 2.08. The van der Waals surface area contributed by atoms with E-state index in [4.69, 9.17) is 32.7 Å². The summed E-state index contributed by atoms with van der Waals surface area (Å²) in [6.45, 7) is 4.49. The number of nitrogens with zero attached hydrogens (tertiary/aromatic N) is 1. The molecule has 0 aliphatic rings. The van der Waals surface area contributed by atoms with Crippen LogP contribution in [0.25, 0.3) is 0 Å². The summed E-state index contributed by atoms with van der Waals surface area (Å²) in [5.74, 6) is 1.27. The number of hydrogen-bond donors (Lipinski definition) is 0. The third-order valence-electron chi connectivity index (χ3n) is 4.44. The first-order valence-electron chi connectivity index (χ1n) is 8.82. The van der Waals surface area contributed by atoms with Crippen LogP contribution in [0.1, 0.15) is 22.3 Å². The van der Waals surface area contributed by atoms with Crippen LogP contribution in [0.15, 0.2) is 59.6 Å². The van der Waals surface area contributed by atoms with Gasteiger partial charge in [0.25, 0.3) is 0 Å². The average Bonchev–Trinajstić information content (AvgIpc) is 2.68. The number of halogens is 2. The van der Waals surface area contributed by atoms with Gasteiger partial charge in [-0.2, -0.15) is 0 Å². The predicted molar refractivity (Wildman–Crippen MR) is 117 cm³/mol. The van der Waals surface area contributed by atoms with Crippen molar-refractivity contribution in [1.82, 2.24) is 0 Å². The van der Waals surface area contributed by atoms with Crippen LogP contribution in [0, 0.1) is 13.8 Å². The van der Waals surface area contributed by atoms with Gasteiger partial charge < -0.3 is 9.47 Å². The Morgan fingerprint density at radius 1 is 0.893 bits per heavy atom. The molecule has 3 rings (SSSR count). The highest BCUT2D eigenvalue weighted by atomic mass is 35.5. The Hall–Kier alpha value is -2.49. The predicted octanol–water partition coefficient (Wildman–Crippen LogP) is 6.95. The van der Waals surface area contributed by atoms with Crippen LogP contribution in [-0.2, 0) is 6.61 Å². The Morgan fingerprint density at radius 2 is 1.71 bits per heavy atom. The molecule has 0 bridgehead atoms. The molecule has 28 heavy (non-hydrogen) atoms. The number of ether oxygens (including phenoxy) is 2. The molecule has 0 fully saturated rings. The fraction of sp³-hybridized carbons (Fsp3) is 0.174. The fourth-order valence-corrected chi connectivity index (χ4v) is 3.10. The quantitative estimate of drug-likeness (QED) is 0.409. The summed E-state index contributed by atoms with van der Waals surface area (Å²) < 4.78 is 11.4. The van der Waals surface area contributed by atoms with Gasteiger partial charge in [-0.15, -0.1) is 0 Å². The Kier molecular flexibility index (Phi) is 6.61. The van der Waals surface area contributed by atoms with E-state index in [9.17, 15) is 0 Å². The van der Waals surface area contributed by atoms with Gasteiger partial charge in [-0.3, -0.25) is 4.99 Å². The molecule has 0 saturated carbocycles. The van der Waals surface area contributed by atoms with Gasteiger partial charge in [0.05, 0.1) is 12.8 Å². The second kappa shape index (κ2) is 9.13. The Bertz CT molecular complexity index is 1020. The number of hydrogen-bond acceptors (Lipinski definition) is 3. The van der Waals surface area contributed by atoms with Crippen molar-refractivity contribution < 1.29 is 9.47 Å². The minimum atomic E-state index is 0.322. The molecule has 0 aromatic heterocycles. The summed E-state index contributed by atoms with van der Waals surface area (Å²) >= 11 is 12.1. The zero-order valence-electron chi connectivity index (χ0n) is 16.0. The van der Waals surface area contributed by atoms with E-state index in [0.29, 0.717) is 28.2 Å². The Morgan fingerprint density at radius 3 is 2.43 bits per heavy atom. The molecule has 0 aliphatic heterocycles. The highest BCUT2D eigenvalue weighted by Crippen LogP contribution is 2.30. The van der Waals surface area contributed by atoms with Gasteiger partial charge in [-0.05, 0) is 73.0 Å². The van der Waals surface area contributed by atoms with Crippen molar-refractivity contribution in [2.24, 2.45) is 4.99 Å². The van der Waals surface area contributed by atoms with Gasteiger partial charge in [0.2, 0.25) is 0 Å². The van der Waals surface area contributed by atoms with E-state index < -0.39 is 0 Å². The summed E-state index contributed by atoms with van der Waals surface area (Å²) in [5.41, 5.74) is 5.17. The maximum Gasteiger partial charge on any atom is 0.161 e. The van der Waals surface area contributed by atoms with Crippen molar-refractivity contribution in [1.29, 1.82) is 0 Å². The molecule has 3 aromatic carbocycles. The van der Waals surface area contributed by atoms with E-state index in [1.165, 1.54) is 11.1 Å².